The first-order chi connectivity index (χ1) is 11.2. The Morgan fingerprint density at radius 1 is 1.17 bits per heavy atom. The number of carbonyl (C=O) groups excluding carboxylic acids is 1. The highest BCUT2D eigenvalue weighted by Crippen LogP contribution is 2.25. The molecular formula is C17H15N3O3. The van der Waals surface area contributed by atoms with Crippen LogP contribution in [-0.2, 0) is 4.74 Å². The maximum atomic E-state index is 11.6. The number of rotatable bonds is 2. The summed E-state index contributed by atoms with van der Waals surface area (Å²) in [5, 5.41) is 11.3. The summed E-state index contributed by atoms with van der Waals surface area (Å²) in [7, 11) is 0. The van der Waals surface area contributed by atoms with Gasteiger partial charge in [0.1, 0.15) is 5.69 Å². The minimum atomic E-state index is -0.794. The van der Waals surface area contributed by atoms with E-state index in [0.29, 0.717) is 11.2 Å². The van der Waals surface area contributed by atoms with E-state index in [1.165, 1.54) is 0 Å². The van der Waals surface area contributed by atoms with E-state index in [1.54, 1.807) is 13.0 Å². The fourth-order valence-electron chi connectivity index (χ4n) is 2.32. The zero-order valence-electron chi connectivity index (χ0n) is 12.5. The van der Waals surface area contributed by atoms with Crippen molar-refractivity contribution < 1.29 is 14.7 Å². The Morgan fingerprint density at radius 3 is 2.61 bits per heavy atom. The maximum Gasteiger partial charge on any atom is 0.437 e. The minimum absolute atomic E-state index is 0.124. The second-order valence-corrected chi connectivity index (χ2v) is 4.77. The third kappa shape index (κ3) is 2.91. The number of para-hydroxylation sites is 1. The quantitative estimate of drug-likeness (QED) is 0.738. The fraction of sp³-hybridized carbons (Fsp3) is 0.118. The summed E-state index contributed by atoms with van der Waals surface area (Å²) < 4.78 is 5.60. The van der Waals surface area contributed by atoms with Crippen molar-refractivity contribution in [3.63, 3.8) is 0 Å². The number of nitrogens with zero attached hydrogens (tertiary/aromatic N) is 3. The molecule has 1 aromatic heterocycles. The normalized spacial score (nSPS) is 11.6. The van der Waals surface area contributed by atoms with Crippen molar-refractivity contribution >= 4 is 17.0 Å². The molecule has 2 aromatic carbocycles. The first-order valence-corrected chi connectivity index (χ1v) is 7.18. The van der Waals surface area contributed by atoms with Gasteiger partial charge >= 0.3 is 6.09 Å². The lowest BCUT2D eigenvalue weighted by atomic mass is 10.1. The van der Waals surface area contributed by atoms with Crippen molar-refractivity contribution in [3.8, 4) is 11.3 Å². The highest BCUT2D eigenvalue weighted by molar-refractivity contribution is 5.92. The van der Waals surface area contributed by atoms with Crippen molar-refractivity contribution in [1.29, 1.82) is 0 Å². The fourth-order valence-corrected chi connectivity index (χ4v) is 2.32. The molecule has 0 aliphatic heterocycles. The third-order valence-electron chi connectivity index (χ3n) is 3.29. The number of fused-ring (bicyclic) bond motifs is 1. The number of amides is 1. The van der Waals surface area contributed by atoms with Gasteiger partial charge in [-0.1, -0.05) is 48.5 Å². The standard InChI is InChI=1S/C17H15N3O3/c1-2-23-17(21)19-16-18-14-11-7-6-10-13(14)15(20(16)22)12-8-4-3-5-9-12/h3-11,22H,2H2,1H3/b19-16+. The van der Waals surface area contributed by atoms with Gasteiger partial charge in [-0.05, 0) is 13.0 Å². The Hall–Kier alpha value is -3.15. The topological polar surface area (TPSA) is 76.7 Å². The van der Waals surface area contributed by atoms with Crippen LogP contribution in [0.15, 0.2) is 59.6 Å². The van der Waals surface area contributed by atoms with Gasteiger partial charge in [0, 0.05) is 10.9 Å². The van der Waals surface area contributed by atoms with E-state index < -0.39 is 6.09 Å². The Balaban J connectivity index is 2.33. The van der Waals surface area contributed by atoms with Crippen LogP contribution in [0.5, 0.6) is 0 Å². The molecule has 6 heteroatoms. The van der Waals surface area contributed by atoms with Crippen molar-refractivity contribution in [2.24, 2.45) is 4.99 Å². The Labute approximate surface area is 132 Å². The van der Waals surface area contributed by atoms with Gasteiger partial charge in [-0.25, -0.2) is 9.78 Å². The molecule has 1 amide bonds. The van der Waals surface area contributed by atoms with E-state index in [2.05, 4.69) is 9.98 Å². The smallest absolute Gasteiger partial charge is 0.437 e. The summed E-state index contributed by atoms with van der Waals surface area (Å²) in [6.07, 6.45) is -0.794. The van der Waals surface area contributed by atoms with Gasteiger partial charge in [0.15, 0.2) is 0 Å². The summed E-state index contributed by atoms with van der Waals surface area (Å²) in [6, 6.07) is 16.7. The highest BCUT2D eigenvalue weighted by atomic mass is 16.5. The Morgan fingerprint density at radius 2 is 1.87 bits per heavy atom. The molecule has 0 aliphatic carbocycles. The molecule has 0 aliphatic rings. The molecule has 23 heavy (non-hydrogen) atoms. The van der Waals surface area contributed by atoms with E-state index >= 15 is 0 Å². The molecule has 1 heterocycles. The van der Waals surface area contributed by atoms with E-state index in [4.69, 9.17) is 4.74 Å². The average Bonchev–Trinajstić information content (AvgIpc) is 2.57. The number of hydrogen-bond acceptors (Lipinski definition) is 4. The number of ether oxygens (including phenoxy) is 1. The first-order valence-electron chi connectivity index (χ1n) is 7.18. The number of hydrogen-bond donors (Lipinski definition) is 1. The average molecular weight is 309 g/mol. The van der Waals surface area contributed by atoms with Crippen molar-refractivity contribution in [3.05, 3.63) is 60.2 Å². The molecule has 116 valence electrons. The van der Waals surface area contributed by atoms with Crippen LogP contribution >= 0.6 is 0 Å². The highest BCUT2D eigenvalue weighted by Gasteiger charge is 2.12. The molecule has 3 aromatic rings. The summed E-state index contributed by atoms with van der Waals surface area (Å²) in [6.45, 7) is 1.89. The van der Waals surface area contributed by atoms with Gasteiger partial charge in [0.2, 0.25) is 0 Å². The van der Waals surface area contributed by atoms with Gasteiger partial charge in [0.05, 0.1) is 12.1 Å². The van der Waals surface area contributed by atoms with Crippen LogP contribution in [0.4, 0.5) is 4.79 Å². The molecule has 6 nitrogen and oxygen atoms in total. The largest absolute Gasteiger partial charge is 0.448 e. The molecule has 0 fully saturated rings. The molecule has 0 unspecified atom stereocenters. The molecular weight excluding hydrogens is 294 g/mol. The lowest BCUT2D eigenvalue weighted by Gasteiger charge is -2.11. The maximum absolute atomic E-state index is 11.6. The lowest BCUT2D eigenvalue weighted by molar-refractivity contribution is 0.153. The molecule has 1 N–H and O–H groups in total. The predicted molar refractivity (Wildman–Crippen MR) is 84.9 cm³/mol. The lowest BCUT2D eigenvalue weighted by Crippen LogP contribution is -2.26. The van der Waals surface area contributed by atoms with E-state index in [0.717, 1.165) is 15.7 Å². The summed E-state index contributed by atoms with van der Waals surface area (Å²) in [4.78, 5) is 19.5. The van der Waals surface area contributed by atoms with Gasteiger partial charge in [-0.15, -0.1) is 9.72 Å². The number of benzene rings is 2. The van der Waals surface area contributed by atoms with Crippen LogP contribution in [0, 0.1) is 0 Å². The molecule has 0 saturated carbocycles. The van der Waals surface area contributed by atoms with Crippen molar-refractivity contribution in [2.45, 2.75) is 6.92 Å². The van der Waals surface area contributed by atoms with Gasteiger partial charge in [0.25, 0.3) is 5.62 Å². The summed E-state index contributed by atoms with van der Waals surface area (Å²) in [5.74, 6) is 0. The second-order valence-electron chi connectivity index (χ2n) is 4.77. The molecule has 0 saturated heterocycles. The number of carbonyl (C=O) groups is 1. The molecule has 0 spiro atoms. The van der Waals surface area contributed by atoms with E-state index in [-0.39, 0.29) is 12.2 Å². The van der Waals surface area contributed by atoms with Crippen LogP contribution in [-0.4, -0.2) is 27.6 Å². The monoisotopic (exact) mass is 309 g/mol. The molecule has 0 atom stereocenters. The molecule has 0 bridgehead atoms. The van der Waals surface area contributed by atoms with Crippen LogP contribution in [0.3, 0.4) is 0 Å². The van der Waals surface area contributed by atoms with Crippen LogP contribution in [0.1, 0.15) is 6.92 Å². The first kappa shape index (κ1) is 14.8. The third-order valence-corrected chi connectivity index (χ3v) is 3.29. The zero-order valence-corrected chi connectivity index (χ0v) is 12.5. The van der Waals surface area contributed by atoms with Gasteiger partial charge in [-0.2, -0.15) is 0 Å². The summed E-state index contributed by atoms with van der Waals surface area (Å²) >= 11 is 0. The number of aromatic nitrogens is 2. The van der Waals surface area contributed by atoms with Crippen molar-refractivity contribution in [1.82, 2.24) is 9.71 Å². The minimum Gasteiger partial charge on any atom is -0.448 e. The van der Waals surface area contributed by atoms with Crippen LogP contribution < -0.4 is 5.62 Å². The van der Waals surface area contributed by atoms with Gasteiger partial charge in [-0.3, -0.25) is 0 Å². The molecule has 3 rings (SSSR count). The van der Waals surface area contributed by atoms with Crippen LogP contribution in [0.2, 0.25) is 0 Å². The summed E-state index contributed by atoms with van der Waals surface area (Å²) in [5.41, 5.74) is 1.80. The Kier molecular flexibility index (Phi) is 4.05. The van der Waals surface area contributed by atoms with E-state index in [9.17, 15) is 10.0 Å². The Bertz CT molecular complexity index is 917. The van der Waals surface area contributed by atoms with Gasteiger partial charge < -0.3 is 9.94 Å². The molecule has 0 radical (unpaired) electrons. The predicted octanol–water partition coefficient (Wildman–Crippen LogP) is 3.00. The van der Waals surface area contributed by atoms with Crippen LogP contribution in [0.25, 0.3) is 22.2 Å². The van der Waals surface area contributed by atoms with Crippen molar-refractivity contribution in [2.75, 3.05) is 6.61 Å². The second kappa shape index (κ2) is 6.31. The SMILES string of the molecule is CCOC(=O)/N=c1\nc2ccccc2c(-c2ccccc2)n1O. The zero-order chi connectivity index (χ0) is 16.2. The van der Waals surface area contributed by atoms with E-state index in [1.807, 2.05) is 48.5 Å².